The summed E-state index contributed by atoms with van der Waals surface area (Å²) >= 11 is 0. The predicted octanol–water partition coefficient (Wildman–Crippen LogP) is 3.88. The fraction of sp³-hybridized carbons (Fsp3) is 0.481. The SMILES string of the molecule is CCC(C(=O)NC(C)C)N(Cc1ccc(OC)cc1)C(=O)CCCN(c1cccc(C)c1)S(C)(=O)=O. The summed E-state index contributed by atoms with van der Waals surface area (Å²) in [5.74, 6) is 0.305. The van der Waals surface area contributed by atoms with Gasteiger partial charge in [-0.05, 0) is 69.0 Å². The van der Waals surface area contributed by atoms with Crippen LogP contribution in [0.25, 0.3) is 0 Å². The van der Waals surface area contributed by atoms with Crippen molar-refractivity contribution in [3.63, 3.8) is 0 Å². The Morgan fingerprint density at radius 3 is 2.28 bits per heavy atom. The number of anilines is 1. The topological polar surface area (TPSA) is 96.0 Å². The first-order chi connectivity index (χ1) is 17.0. The van der Waals surface area contributed by atoms with E-state index in [0.717, 1.165) is 17.4 Å². The van der Waals surface area contributed by atoms with E-state index in [0.29, 0.717) is 24.3 Å². The quantitative estimate of drug-likeness (QED) is 0.435. The molecule has 9 heteroatoms. The highest BCUT2D eigenvalue weighted by molar-refractivity contribution is 7.92. The maximum Gasteiger partial charge on any atom is 0.243 e. The van der Waals surface area contributed by atoms with E-state index in [9.17, 15) is 18.0 Å². The average molecular weight is 518 g/mol. The molecule has 0 radical (unpaired) electrons. The molecule has 0 aliphatic rings. The molecule has 36 heavy (non-hydrogen) atoms. The van der Waals surface area contributed by atoms with Gasteiger partial charge in [0.15, 0.2) is 0 Å². The number of hydrogen-bond donors (Lipinski definition) is 1. The lowest BCUT2D eigenvalue weighted by Crippen LogP contribution is -2.50. The van der Waals surface area contributed by atoms with Crippen molar-refractivity contribution in [3.8, 4) is 5.75 Å². The molecule has 198 valence electrons. The minimum Gasteiger partial charge on any atom is -0.497 e. The van der Waals surface area contributed by atoms with Crippen molar-refractivity contribution < 1.29 is 22.7 Å². The minimum absolute atomic E-state index is 0.0536. The van der Waals surface area contributed by atoms with Gasteiger partial charge in [0.05, 0.1) is 19.1 Å². The van der Waals surface area contributed by atoms with E-state index in [1.54, 1.807) is 18.1 Å². The summed E-state index contributed by atoms with van der Waals surface area (Å²) in [6.07, 6.45) is 2.05. The van der Waals surface area contributed by atoms with Gasteiger partial charge in [-0.2, -0.15) is 0 Å². The molecule has 0 saturated carbocycles. The molecule has 2 aromatic carbocycles. The van der Waals surface area contributed by atoms with E-state index < -0.39 is 16.1 Å². The van der Waals surface area contributed by atoms with Gasteiger partial charge in [0.25, 0.3) is 0 Å². The van der Waals surface area contributed by atoms with Crippen molar-refractivity contribution in [2.24, 2.45) is 0 Å². The fourth-order valence-corrected chi connectivity index (χ4v) is 4.97. The summed E-state index contributed by atoms with van der Waals surface area (Å²) in [6, 6.07) is 14.0. The van der Waals surface area contributed by atoms with Gasteiger partial charge in [-0.15, -0.1) is 0 Å². The smallest absolute Gasteiger partial charge is 0.243 e. The number of sulfonamides is 1. The summed E-state index contributed by atoms with van der Waals surface area (Å²) < 4.78 is 31.5. The van der Waals surface area contributed by atoms with Crippen LogP contribution in [0.5, 0.6) is 5.75 Å². The van der Waals surface area contributed by atoms with Crippen molar-refractivity contribution in [1.82, 2.24) is 10.2 Å². The van der Waals surface area contributed by atoms with Crippen molar-refractivity contribution in [3.05, 3.63) is 59.7 Å². The normalized spacial score (nSPS) is 12.2. The molecule has 0 saturated heterocycles. The van der Waals surface area contributed by atoms with Crippen LogP contribution < -0.4 is 14.4 Å². The summed E-state index contributed by atoms with van der Waals surface area (Å²) in [6.45, 7) is 7.97. The summed E-state index contributed by atoms with van der Waals surface area (Å²) in [7, 11) is -1.94. The molecule has 0 heterocycles. The van der Waals surface area contributed by atoms with Crippen LogP contribution in [0.3, 0.4) is 0 Å². The number of ether oxygens (including phenoxy) is 1. The molecular weight excluding hydrogens is 478 g/mol. The molecule has 1 N–H and O–H groups in total. The van der Waals surface area contributed by atoms with E-state index >= 15 is 0 Å². The highest BCUT2D eigenvalue weighted by Crippen LogP contribution is 2.21. The number of carbonyl (C=O) groups is 2. The minimum atomic E-state index is -3.52. The maximum absolute atomic E-state index is 13.4. The number of nitrogens with zero attached hydrogens (tertiary/aromatic N) is 2. The Balaban J connectivity index is 2.22. The highest BCUT2D eigenvalue weighted by Gasteiger charge is 2.29. The molecule has 0 aliphatic heterocycles. The van der Waals surface area contributed by atoms with Gasteiger partial charge in [0.1, 0.15) is 11.8 Å². The molecule has 0 fully saturated rings. The second kappa shape index (κ2) is 13.3. The molecule has 1 atom stereocenters. The number of methoxy groups -OCH3 is 1. The molecule has 2 rings (SSSR count). The Morgan fingerprint density at radius 1 is 1.08 bits per heavy atom. The van der Waals surface area contributed by atoms with E-state index in [1.165, 1.54) is 4.31 Å². The number of rotatable bonds is 13. The van der Waals surface area contributed by atoms with Crippen molar-refractivity contribution in [2.45, 2.75) is 65.6 Å². The van der Waals surface area contributed by atoms with Crippen LogP contribution in [0.2, 0.25) is 0 Å². The highest BCUT2D eigenvalue weighted by atomic mass is 32.2. The van der Waals surface area contributed by atoms with Gasteiger partial charge < -0.3 is 15.0 Å². The third-order valence-corrected chi connectivity index (χ3v) is 6.96. The summed E-state index contributed by atoms with van der Waals surface area (Å²) in [5.41, 5.74) is 2.39. The molecule has 0 spiro atoms. The van der Waals surface area contributed by atoms with E-state index in [4.69, 9.17) is 4.74 Å². The summed E-state index contributed by atoms with van der Waals surface area (Å²) in [4.78, 5) is 28.0. The third-order valence-electron chi connectivity index (χ3n) is 5.77. The maximum atomic E-state index is 13.4. The lowest BCUT2D eigenvalue weighted by atomic mass is 10.1. The van der Waals surface area contributed by atoms with Gasteiger partial charge in [-0.25, -0.2) is 8.42 Å². The van der Waals surface area contributed by atoms with Crippen molar-refractivity contribution >= 4 is 27.5 Å². The Morgan fingerprint density at radius 2 is 1.75 bits per heavy atom. The van der Waals surface area contributed by atoms with Crippen LogP contribution in [-0.2, 0) is 26.2 Å². The van der Waals surface area contributed by atoms with Crippen molar-refractivity contribution in [1.29, 1.82) is 0 Å². The summed E-state index contributed by atoms with van der Waals surface area (Å²) in [5, 5.41) is 2.91. The van der Waals surface area contributed by atoms with E-state index in [2.05, 4.69) is 5.32 Å². The Labute approximate surface area is 215 Å². The lowest BCUT2D eigenvalue weighted by molar-refractivity contribution is -0.141. The Kier molecular flexibility index (Phi) is 10.8. The van der Waals surface area contributed by atoms with Gasteiger partial charge in [-0.3, -0.25) is 13.9 Å². The van der Waals surface area contributed by atoms with Crippen LogP contribution in [-0.4, -0.2) is 57.1 Å². The second-order valence-corrected chi connectivity index (χ2v) is 11.1. The Bertz CT molecular complexity index is 1120. The van der Waals surface area contributed by atoms with Gasteiger partial charge in [-0.1, -0.05) is 31.2 Å². The number of nitrogens with one attached hydrogen (secondary N) is 1. The van der Waals surface area contributed by atoms with Gasteiger partial charge in [0, 0.05) is 25.6 Å². The monoisotopic (exact) mass is 517 g/mol. The van der Waals surface area contributed by atoms with Crippen LogP contribution in [0.15, 0.2) is 48.5 Å². The third kappa shape index (κ3) is 8.55. The van der Waals surface area contributed by atoms with Crippen molar-refractivity contribution in [2.75, 3.05) is 24.2 Å². The van der Waals surface area contributed by atoms with Gasteiger partial charge in [0.2, 0.25) is 21.8 Å². The largest absolute Gasteiger partial charge is 0.497 e. The molecule has 8 nitrogen and oxygen atoms in total. The van der Waals surface area contributed by atoms with Crippen LogP contribution >= 0.6 is 0 Å². The van der Waals surface area contributed by atoms with E-state index in [-0.39, 0.29) is 37.4 Å². The molecule has 0 bridgehead atoms. The van der Waals surface area contributed by atoms with Crippen LogP contribution in [0.1, 0.15) is 51.2 Å². The molecule has 2 amide bonds. The first-order valence-electron chi connectivity index (χ1n) is 12.2. The number of hydrogen-bond acceptors (Lipinski definition) is 5. The van der Waals surface area contributed by atoms with Crippen LogP contribution in [0, 0.1) is 6.92 Å². The molecular formula is C27H39N3O5S. The first-order valence-corrected chi connectivity index (χ1v) is 14.1. The van der Waals surface area contributed by atoms with Crippen LogP contribution in [0.4, 0.5) is 5.69 Å². The molecule has 0 aliphatic carbocycles. The standard InChI is InChI=1S/C27H39N3O5S/c1-7-25(27(32)28-20(2)3)29(19-22-13-15-24(35-5)16-14-22)26(31)12-9-17-30(36(6,33)34)23-11-8-10-21(4)18-23/h8,10-11,13-16,18,20,25H,7,9,12,17,19H2,1-6H3,(H,28,32). The Hall–Kier alpha value is -3.07. The second-order valence-electron chi connectivity index (χ2n) is 9.23. The lowest BCUT2D eigenvalue weighted by Gasteiger charge is -2.31. The van der Waals surface area contributed by atoms with E-state index in [1.807, 2.05) is 70.2 Å². The number of aryl methyl sites for hydroxylation is 1. The zero-order valence-corrected chi connectivity index (χ0v) is 23.0. The molecule has 1 unspecified atom stereocenters. The zero-order chi connectivity index (χ0) is 26.9. The zero-order valence-electron chi connectivity index (χ0n) is 22.2. The fourth-order valence-electron chi connectivity index (χ4n) is 4.01. The molecule has 2 aromatic rings. The number of carbonyl (C=O) groups excluding carboxylic acids is 2. The molecule has 0 aromatic heterocycles. The number of amides is 2. The predicted molar refractivity (Wildman–Crippen MR) is 144 cm³/mol. The first kappa shape index (κ1) is 29.2. The number of benzene rings is 2. The van der Waals surface area contributed by atoms with Gasteiger partial charge >= 0.3 is 0 Å². The average Bonchev–Trinajstić information content (AvgIpc) is 2.80.